The summed E-state index contributed by atoms with van der Waals surface area (Å²) in [6.07, 6.45) is 1.18. The zero-order valence-corrected chi connectivity index (χ0v) is 9.06. The Bertz CT molecular complexity index is 520. The van der Waals surface area contributed by atoms with Crippen LogP contribution in [0.5, 0.6) is 0 Å². The van der Waals surface area contributed by atoms with Crippen molar-refractivity contribution in [2.75, 3.05) is 0 Å². The van der Waals surface area contributed by atoms with E-state index in [0.29, 0.717) is 10.6 Å². The minimum absolute atomic E-state index is 0.176. The van der Waals surface area contributed by atoms with Gasteiger partial charge in [0.2, 0.25) is 0 Å². The van der Waals surface area contributed by atoms with E-state index >= 15 is 0 Å². The Morgan fingerprint density at radius 3 is 2.86 bits per heavy atom. The Balaban J connectivity index is 2.79. The molecule has 0 fully saturated rings. The van der Waals surface area contributed by atoms with Gasteiger partial charge in [0.1, 0.15) is 11.2 Å². The lowest BCUT2D eigenvalue weighted by molar-refractivity contribution is 0.592. The van der Waals surface area contributed by atoms with Crippen LogP contribution in [0, 0.1) is 6.92 Å². The van der Waals surface area contributed by atoms with Crippen LogP contribution in [0.15, 0.2) is 26.9 Å². The maximum atomic E-state index is 11.5. The highest BCUT2D eigenvalue weighted by atomic mass is 32.2. The summed E-state index contributed by atoms with van der Waals surface area (Å²) in [5, 5.41) is 0. The lowest BCUT2D eigenvalue weighted by Gasteiger charge is -2.13. The number of aliphatic imine (C=N–C) groups is 1. The van der Waals surface area contributed by atoms with Crippen LogP contribution < -0.4 is 4.72 Å². The number of hydrogen-bond donors (Lipinski definition) is 2. The minimum Gasteiger partial charge on any atom is -0.270 e. The topological polar surface area (TPSA) is 58.5 Å². The molecule has 1 aliphatic heterocycles. The zero-order valence-electron chi connectivity index (χ0n) is 7.35. The van der Waals surface area contributed by atoms with E-state index in [0.717, 1.165) is 5.56 Å². The smallest absolute Gasteiger partial charge is 0.264 e. The largest absolute Gasteiger partial charge is 0.270 e. The second kappa shape index (κ2) is 2.99. The summed E-state index contributed by atoms with van der Waals surface area (Å²) in [6, 6.07) is 3.21. The van der Waals surface area contributed by atoms with Crippen LogP contribution in [-0.4, -0.2) is 14.8 Å². The molecule has 1 aliphatic rings. The number of hydrogen-bond acceptors (Lipinski definition) is 4. The molecule has 4 nitrogen and oxygen atoms in total. The van der Waals surface area contributed by atoms with Crippen molar-refractivity contribution in [2.45, 2.75) is 16.7 Å². The number of nitrogens with one attached hydrogen (secondary N) is 1. The molecule has 0 spiro atoms. The predicted molar refractivity (Wildman–Crippen MR) is 56.9 cm³/mol. The fourth-order valence-corrected chi connectivity index (χ4v) is 2.47. The molecule has 6 heteroatoms. The van der Waals surface area contributed by atoms with Crippen LogP contribution in [0.2, 0.25) is 0 Å². The van der Waals surface area contributed by atoms with E-state index < -0.39 is 10.0 Å². The van der Waals surface area contributed by atoms with Crippen molar-refractivity contribution in [3.63, 3.8) is 0 Å². The monoisotopic (exact) mass is 228 g/mol. The van der Waals surface area contributed by atoms with Gasteiger partial charge in [0.15, 0.2) is 0 Å². The van der Waals surface area contributed by atoms with Crippen molar-refractivity contribution >= 4 is 34.7 Å². The van der Waals surface area contributed by atoms with Gasteiger partial charge < -0.3 is 0 Å². The normalized spacial score (nSPS) is 17.3. The Hall–Kier alpha value is -1.01. The maximum absolute atomic E-state index is 11.5. The van der Waals surface area contributed by atoms with Gasteiger partial charge in [-0.05, 0) is 24.6 Å². The third kappa shape index (κ3) is 1.40. The highest BCUT2D eigenvalue weighted by Gasteiger charge is 2.21. The number of thiol groups is 1. The Kier molecular flexibility index (Phi) is 2.04. The van der Waals surface area contributed by atoms with E-state index in [1.54, 1.807) is 6.07 Å². The van der Waals surface area contributed by atoms with Crippen LogP contribution in [0.4, 0.5) is 5.69 Å². The third-order valence-electron chi connectivity index (χ3n) is 1.98. The molecule has 2 rings (SSSR count). The SMILES string of the molecule is Cc1cc2c(cc1S)S(=O)(=O)NC=N2. The highest BCUT2D eigenvalue weighted by Crippen LogP contribution is 2.30. The molecule has 1 heterocycles. The molecule has 0 atom stereocenters. The predicted octanol–water partition coefficient (Wildman–Crippen LogP) is 1.24. The standard InChI is InChI=1S/C8H8N2O2S2/c1-5-2-6-8(3-7(5)13)14(11,12)10-4-9-6/h2-4,13H,1H3,(H,9,10). The fraction of sp³-hybridized carbons (Fsp3) is 0.125. The first-order valence-corrected chi connectivity index (χ1v) is 5.82. The van der Waals surface area contributed by atoms with E-state index in [-0.39, 0.29) is 4.90 Å². The molecule has 0 unspecified atom stereocenters. The number of rotatable bonds is 0. The molecule has 0 saturated carbocycles. The molecule has 14 heavy (non-hydrogen) atoms. The molecule has 1 aromatic carbocycles. The van der Waals surface area contributed by atoms with Crippen LogP contribution in [0.3, 0.4) is 0 Å². The van der Waals surface area contributed by atoms with Crippen LogP contribution in [0.1, 0.15) is 5.56 Å². The molecular formula is C8H8N2O2S2. The maximum Gasteiger partial charge on any atom is 0.264 e. The lowest BCUT2D eigenvalue weighted by Crippen LogP contribution is -2.24. The second-order valence-corrected chi connectivity index (χ2v) is 5.15. The molecular weight excluding hydrogens is 220 g/mol. The van der Waals surface area contributed by atoms with E-state index in [1.165, 1.54) is 12.4 Å². The fourth-order valence-electron chi connectivity index (χ4n) is 1.21. The molecule has 0 radical (unpaired) electrons. The number of nitrogens with zero attached hydrogens (tertiary/aromatic N) is 1. The van der Waals surface area contributed by atoms with Crippen molar-refractivity contribution in [3.8, 4) is 0 Å². The molecule has 0 bridgehead atoms. The lowest BCUT2D eigenvalue weighted by atomic mass is 10.2. The van der Waals surface area contributed by atoms with Gasteiger partial charge in [-0.15, -0.1) is 12.6 Å². The van der Waals surface area contributed by atoms with Crippen molar-refractivity contribution in [1.82, 2.24) is 4.72 Å². The molecule has 1 N–H and O–H groups in total. The van der Waals surface area contributed by atoms with E-state index in [2.05, 4.69) is 22.3 Å². The molecule has 1 aromatic rings. The first-order chi connectivity index (χ1) is 6.50. The van der Waals surface area contributed by atoms with Gasteiger partial charge in [-0.25, -0.2) is 13.4 Å². The van der Waals surface area contributed by atoms with Crippen LogP contribution in [-0.2, 0) is 10.0 Å². The van der Waals surface area contributed by atoms with Gasteiger partial charge >= 0.3 is 0 Å². The van der Waals surface area contributed by atoms with Gasteiger partial charge in [-0.1, -0.05) is 0 Å². The number of aryl methyl sites for hydroxylation is 1. The van der Waals surface area contributed by atoms with E-state index in [1.807, 2.05) is 6.92 Å². The van der Waals surface area contributed by atoms with Crippen LogP contribution >= 0.6 is 12.6 Å². The van der Waals surface area contributed by atoms with Gasteiger partial charge in [-0.3, -0.25) is 4.72 Å². The van der Waals surface area contributed by atoms with Crippen LogP contribution in [0.25, 0.3) is 0 Å². The summed E-state index contributed by atoms with van der Waals surface area (Å²) in [7, 11) is -3.43. The van der Waals surface area contributed by atoms with E-state index in [9.17, 15) is 8.42 Å². The summed E-state index contributed by atoms with van der Waals surface area (Å²) in [4.78, 5) is 4.76. The molecule has 0 aliphatic carbocycles. The Labute approximate surface area is 87.5 Å². The van der Waals surface area contributed by atoms with Gasteiger partial charge in [-0.2, -0.15) is 0 Å². The van der Waals surface area contributed by atoms with Crippen molar-refractivity contribution < 1.29 is 8.42 Å². The first-order valence-electron chi connectivity index (χ1n) is 3.89. The Morgan fingerprint density at radius 1 is 1.43 bits per heavy atom. The summed E-state index contributed by atoms with van der Waals surface area (Å²) < 4.78 is 25.2. The average molecular weight is 228 g/mol. The molecule has 74 valence electrons. The van der Waals surface area contributed by atoms with Crippen molar-refractivity contribution in [2.24, 2.45) is 4.99 Å². The summed E-state index contributed by atoms with van der Waals surface area (Å²) in [5.41, 5.74) is 1.36. The highest BCUT2D eigenvalue weighted by molar-refractivity contribution is 7.90. The summed E-state index contributed by atoms with van der Waals surface area (Å²) >= 11 is 4.17. The summed E-state index contributed by atoms with van der Waals surface area (Å²) in [5.74, 6) is 0. The Morgan fingerprint density at radius 2 is 2.14 bits per heavy atom. The molecule has 0 aromatic heterocycles. The molecule has 0 amide bonds. The second-order valence-electron chi connectivity index (χ2n) is 2.99. The van der Waals surface area contributed by atoms with Crippen molar-refractivity contribution in [1.29, 1.82) is 0 Å². The number of benzene rings is 1. The zero-order chi connectivity index (χ0) is 10.3. The van der Waals surface area contributed by atoms with E-state index in [4.69, 9.17) is 0 Å². The minimum atomic E-state index is -3.43. The third-order valence-corrected chi connectivity index (χ3v) is 3.78. The average Bonchev–Trinajstić information content (AvgIpc) is 2.08. The number of fused-ring (bicyclic) bond motifs is 1. The van der Waals surface area contributed by atoms with Gasteiger partial charge in [0, 0.05) is 4.90 Å². The quantitative estimate of drug-likeness (QED) is 0.656. The van der Waals surface area contributed by atoms with Gasteiger partial charge in [0.05, 0.1) is 5.69 Å². The van der Waals surface area contributed by atoms with Crippen molar-refractivity contribution in [3.05, 3.63) is 17.7 Å². The molecule has 0 saturated heterocycles. The van der Waals surface area contributed by atoms with Gasteiger partial charge in [0.25, 0.3) is 10.0 Å². The summed E-state index contributed by atoms with van der Waals surface area (Å²) in [6.45, 7) is 1.85. The first kappa shape index (κ1) is 9.54. The number of sulfonamides is 1.